The number of methoxy groups -OCH3 is 1. The molecule has 1 aromatic heterocycles. The third-order valence-corrected chi connectivity index (χ3v) is 5.61. The third-order valence-electron chi connectivity index (χ3n) is 4.53. The largest absolute Gasteiger partial charge is 0.493 e. The lowest BCUT2D eigenvalue weighted by Gasteiger charge is -2.25. The summed E-state index contributed by atoms with van der Waals surface area (Å²) in [5, 5.41) is 3.27. The molecule has 156 valence electrons. The number of H-pyrrole nitrogens is 1. The maximum absolute atomic E-state index is 12.8. The van der Waals surface area contributed by atoms with Crippen molar-refractivity contribution in [3.8, 4) is 11.5 Å². The molecule has 7 nitrogen and oxygen atoms in total. The number of anilines is 1. The summed E-state index contributed by atoms with van der Waals surface area (Å²) in [7, 11) is 1.58. The van der Waals surface area contributed by atoms with E-state index in [1.54, 1.807) is 7.11 Å². The molecule has 2 heterocycles. The highest BCUT2D eigenvalue weighted by molar-refractivity contribution is 7.99. The van der Waals surface area contributed by atoms with Gasteiger partial charge in [-0.3, -0.25) is 9.59 Å². The number of hydrogen-bond donors (Lipinski definition) is 2. The standard InChI is InChI=1S/C21H27N3O4S/c1-5-8-29-21-23-19-18(20(26)24-21)14(10-17(25)22-19)13-6-7-15(16(9-13)27-4)28-11-12(2)3/h6-7,9,12,14H,5,8,10-11H2,1-4H3,(H2,22,23,24,25,26)/t14-/m0/s1. The monoisotopic (exact) mass is 417 g/mol. The van der Waals surface area contributed by atoms with Gasteiger partial charge in [0.25, 0.3) is 5.56 Å². The maximum atomic E-state index is 12.8. The van der Waals surface area contributed by atoms with Gasteiger partial charge in [0.1, 0.15) is 5.82 Å². The molecule has 2 aromatic rings. The lowest BCUT2D eigenvalue weighted by molar-refractivity contribution is -0.116. The number of hydrogen-bond acceptors (Lipinski definition) is 6. The van der Waals surface area contributed by atoms with Gasteiger partial charge in [-0.1, -0.05) is 38.6 Å². The molecule has 0 unspecified atom stereocenters. The number of aromatic amines is 1. The summed E-state index contributed by atoms with van der Waals surface area (Å²) in [5.41, 5.74) is 1.07. The van der Waals surface area contributed by atoms with E-state index in [0.29, 0.717) is 40.6 Å². The van der Waals surface area contributed by atoms with Crippen LogP contribution in [0.1, 0.15) is 50.7 Å². The smallest absolute Gasteiger partial charge is 0.257 e. The van der Waals surface area contributed by atoms with E-state index in [9.17, 15) is 9.59 Å². The summed E-state index contributed by atoms with van der Waals surface area (Å²) >= 11 is 1.47. The van der Waals surface area contributed by atoms with Crippen LogP contribution in [0.3, 0.4) is 0 Å². The molecule has 8 heteroatoms. The number of nitrogens with zero attached hydrogens (tertiary/aromatic N) is 1. The van der Waals surface area contributed by atoms with Gasteiger partial charge in [0, 0.05) is 18.1 Å². The molecule has 3 rings (SSSR count). The van der Waals surface area contributed by atoms with E-state index in [1.807, 2.05) is 18.2 Å². The predicted octanol–water partition coefficient (Wildman–Crippen LogP) is 3.79. The molecule has 0 fully saturated rings. The molecule has 0 bridgehead atoms. The zero-order valence-electron chi connectivity index (χ0n) is 17.2. The molecular weight excluding hydrogens is 390 g/mol. The van der Waals surface area contributed by atoms with Crippen molar-refractivity contribution in [3.05, 3.63) is 39.7 Å². The summed E-state index contributed by atoms with van der Waals surface area (Å²) in [6, 6.07) is 5.54. The van der Waals surface area contributed by atoms with E-state index in [-0.39, 0.29) is 17.9 Å². The Morgan fingerprint density at radius 3 is 2.76 bits per heavy atom. The van der Waals surface area contributed by atoms with Crippen LogP contribution in [-0.4, -0.2) is 35.3 Å². The number of rotatable bonds is 8. The van der Waals surface area contributed by atoms with Crippen molar-refractivity contribution in [1.29, 1.82) is 0 Å². The van der Waals surface area contributed by atoms with Gasteiger partial charge in [-0.15, -0.1) is 0 Å². The Bertz CT molecular complexity index is 942. The number of carbonyl (C=O) groups excluding carboxylic acids is 1. The van der Waals surface area contributed by atoms with Crippen molar-refractivity contribution in [2.45, 2.75) is 44.7 Å². The first-order valence-corrected chi connectivity index (χ1v) is 10.8. The van der Waals surface area contributed by atoms with Crippen molar-refractivity contribution in [1.82, 2.24) is 9.97 Å². The van der Waals surface area contributed by atoms with Gasteiger partial charge in [0.05, 0.1) is 19.3 Å². The number of amides is 1. The molecular formula is C21H27N3O4S. The first kappa shape index (κ1) is 21.2. The fourth-order valence-corrected chi connectivity index (χ4v) is 3.90. The number of thioether (sulfide) groups is 1. The summed E-state index contributed by atoms with van der Waals surface area (Å²) in [4.78, 5) is 32.5. The second-order valence-corrected chi connectivity index (χ2v) is 8.49. The van der Waals surface area contributed by atoms with Gasteiger partial charge in [-0.25, -0.2) is 4.98 Å². The summed E-state index contributed by atoms with van der Waals surface area (Å²) in [5.74, 6) is 2.23. The van der Waals surface area contributed by atoms with Crippen LogP contribution in [0.5, 0.6) is 11.5 Å². The Morgan fingerprint density at radius 2 is 2.07 bits per heavy atom. The minimum Gasteiger partial charge on any atom is -0.493 e. The average Bonchev–Trinajstić information content (AvgIpc) is 2.69. The van der Waals surface area contributed by atoms with Gasteiger partial charge in [0.2, 0.25) is 5.91 Å². The highest BCUT2D eigenvalue weighted by atomic mass is 32.2. The summed E-state index contributed by atoms with van der Waals surface area (Å²) in [6.45, 7) is 6.78. The molecule has 0 spiro atoms. The molecule has 2 N–H and O–H groups in total. The van der Waals surface area contributed by atoms with Crippen LogP contribution in [0.2, 0.25) is 0 Å². The van der Waals surface area contributed by atoms with Gasteiger partial charge in [-0.05, 0) is 30.0 Å². The molecule has 1 atom stereocenters. The van der Waals surface area contributed by atoms with E-state index in [1.165, 1.54) is 11.8 Å². The zero-order chi connectivity index (χ0) is 21.0. The molecule has 0 aliphatic carbocycles. The van der Waals surface area contributed by atoms with Crippen molar-refractivity contribution in [3.63, 3.8) is 0 Å². The van der Waals surface area contributed by atoms with Crippen molar-refractivity contribution < 1.29 is 14.3 Å². The highest BCUT2D eigenvalue weighted by Gasteiger charge is 2.31. The number of ether oxygens (including phenoxy) is 2. The number of carbonyl (C=O) groups is 1. The van der Waals surface area contributed by atoms with E-state index < -0.39 is 5.92 Å². The van der Waals surface area contributed by atoms with Gasteiger partial charge in [-0.2, -0.15) is 0 Å². The molecule has 1 aliphatic rings. The van der Waals surface area contributed by atoms with Crippen LogP contribution >= 0.6 is 11.8 Å². The first-order valence-electron chi connectivity index (χ1n) is 9.80. The van der Waals surface area contributed by atoms with Crippen LogP contribution in [-0.2, 0) is 4.79 Å². The second-order valence-electron chi connectivity index (χ2n) is 7.40. The Labute approximate surface area is 174 Å². The lowest BCUT2D eigenvalue weighted by Crippen LogP contribution is -2.31. The van der Waals surface area contributed by atoms with Crippen molar-refractivity contribution >= 4 is 23.5 Å². The minimum atomic E-state index is -0.395. The molecule has 0 saturated carbocycles. The maximum Gasteiger partial charge on any atom is 0.257 e. The lowest BCUT2D eigenvalue weighted by atomic mass is 9.86. The number of fused-ring (bicyclic) bond motifs is 1. The number of aromatic nitrogens is 2. The van der Waals surface area contributed by atoms with E-state index >= 15 is 0 Å². The minimum absolute atomic E-state index is 0.161. The van der Waals surface area contributed by atoms with Crippen LogP contribution in [0.15, 0.2) is 28.2 Å². The van der Waals surface area contributed by atoms with Crippen LogP contribution in [0, 0.1) is 5.92 Å². The molecule has 0 saturated heterocycles. The van der Waals surface area contributed by atoms with Crippen molar-refractivity contribution in [2.75, 3.05) is 24.8 Å². The Balaban J connectivity index is 1.98. The summed E-state index contributed by atoms with van der Waals surface area (Å²) in [6.07, 6.45) is 1.14. The fraction of sp³-hybridized carbons (Fsp3) is 0.476. The van der Waals surface area contributed by atoms with Crippen LogP contribution in [0.25, 0.3) is 0 Å². The second kappa shape index (κ2) is 9.35. The first-order chi connectivity index (χ1) is 13.9. The van der Waals surface area contributed by atoms with E-state index in [4.69, 9.17) is 9.47 Å². The number of nitrogens with one attached hydrogen (secondary N) is 2. The van der Waals surface area contributed by atoms with E-state index in [0.717, 1.165) is 17.7 Å². The van der Waals surface area contributed by atoms with Crippen LogP contribution < -0.4 is 20.3 Å². The Hall–Kier alpha value is -2.48. The quantitative estimate of drug-likeness (QED) is 0.501. The van der Waals surface area contributed by atoms with Crippen molar-refractivity contribution in [2.24, 2.45) is 5.92 Å². The average molecular weight is 418 g/mol. The topological polar surface area (TPSA) is 93.3 Å². The van der Waals surface area contributed by atoms with Gasteiger partial charge < -0.3 is 19.8 Å². The zero-order valence-corrected chi connectivity index (χ0v) is 18.0. The third kappa shape index (κ3) is 4.93. The molecule has 1 aromatic carbocycles. The molecule has 29 heavy (non-hydrogen) atoms. The normalized spacial score (nSPS) is 15.8. The van der Waals surface area contributed by atoms with Gasteiger partial charge in [0.15, 0.2) is 16.7 Å². The summed E-state index contributed by atoms with van der Waals surface area (Å²) < 4.78 is 11.3. The number of benzene rings is 1. The molecule has 1 aliphatic heterocycles. The predicted molar refractivity (Wildman–Crippen MR) is 114 cm³/mol. The van der Waals surface area contributed by atoms with Gasteiger partial charge >= 0.3 is 0 Å². The molecule has 0 radical (unpaired) electrons. The SMILES string of the molecule is CCCSc1nc2c(c(=O)[nH]1)[C@H](c1ccc(OCC(C)C)c(OC)c1)CC(=O)N2. The van der Waals surface area contributed by atoms with Crippen LogP contribution in [0.4, 0.5) is 5.82 Å². The fourth-order valence-electron chi connectivity index (χ4n) is 3.18. The Kier molecular flexibility index (Phi) is 6.84. The Morgan fingerprint density at radius 1 is 1.28 bits per heavy atom. The molecule has 1 amide bonds. The highest BCUT2D eigenvalue weighted by Crippen LogP contribution is 2.38. The van der Waals surface area contributed by atoms with E-state index in [2.05, 4.69) is 36.1 Å².